The molecule has 1 aromatic heterocycles. The first-order valence-corrected chi connectivity index (χ1v) is 14.0. The van der Waals surface area contributed by atoms with E-state index < -0.39 is 10.8 Å². The molecule has 4 aliphatic carbocycles. The maximum atomic E-state index is 13.8. The molecule has 0 saturated heterocycles. The number of ketones is 1. The molecule has 3 nitrogen and oxygen atoms in total. The Kier molecular flexibility index (Phi) is 5.80. The van der Waals surface area contributed by atoms with Crippen LogP contribution in [0.5, 0.6) is 0 Å². The molecule has 0 N–H and O–H groups in total. The summed E-state index contributed by atoms with van der Waals surface area (Å²) < 4.78 is 13.7. The van der Waals surface area contributed by atoms with Gasteiger partial charge in [0.25, 0.3) is 0 Å². The van der Waals surface area contributed by atoms with Crippen molar-refractivity contribution < 1.29 is 9.00 Å². The highest BCUT2D eigenvalue weighted by atomic mass is 35.5. The molecule has 1 unspecified atom stereocenters. The van der Waals surface area contributed by atoms with Crippen molar-refractivity contribution in [2.24, 2.45) is 23.2 Å². The number of fused-ring (bicyclic) bond motifs is 1. The lowest BCUT2D eigenvalue weighted by molar-refractivity contribution is -0.0524. The van der Waals surface area contributed by atoms with E-state index in [1.54, 1.807) is 12.3 Å². The van der Waals surface area contributed by atoms with Crippen LogP contribution in [0.2, 0.25) is 10.0 Å². The van der Waals surface area contributed by atoms with Crippen LogP contribution in [-0.4, -0.2) is 26.6 Å². The van der Waals surface area contributed by atoms with Crippen LogP contribution in [0.3, 0.4) is 0 Å². The number of aromatic nitrogens is 1. The van der Waals surface area contributed by atoms with Gasteiger partial charge >= 0.3 is 0 Å². The number of hydrogen-bond donors (Lipinski definition) is 0. The maximum absolute atomic E-state index is 13.8. The third-order valence-corrected chi connectivity index (χ3v) is 9.83. The van der Waals surface area contributed by atoms with Gasteiger partial charge in [-0.15, -0.1) is 0 Å². The largest absolute Gasteiger partial charge is 0.343 e. The second kappa shape index (κ2) is 8.18. The average Bonchev–Trinajstić information content (AvgIpc) is 2.95. The number of benzene rings is 1. The Bertz CT molecular complexity index is 1040. The Morgan fingerprint density at radius 2 is 1.74 bits per heavy atom. The number of carbonyl (C=O) groups is 1. The minimum absolute atomic E-state index is 0.210. The predicted molar refractivity (Wildman–Crippen MR) is 130 cm³/mol. The summed E-state index contributed by atoms with van der Waals surface area (Å²) in [5, 5.41) is 1.93. The minimum Gasteiger partial charge on any atom is -0.343 e. The summed E-state index contributed by atoms with van der Waals surface area (Å²) in [7, 11) is -0.839. The van der Waals surface area contributed by atoms with Crippen LogP contribution < -0.4 is 0 Å². The van der Waals surface area contributed by atoms with Gasteiger partial charge in [-0.1, -0.05) is 29.3 Å². The van der Waals surface area contributed by atoms with Crippen LogP contribution in [0.15, 0.2) is 12.1 Å². The summed E-state index contributed by atoms with van der Waals surface area (Å²) >= 11 is 13.0. The molecule has 4 bridgehead atoms. The van der Waals surface area contributed by atoms with Crippen molar-refractivity contribution in [1.82, 2.24) is 4.57 Å². The maximum Gasteiger partial charge on any atom is 0.165 e. The number of hydrogen-bond acceptors (Lipinski definition) is 2. The van der Waals surface area contributed by atoms with Gasteiger partial charge in [-0.05, 0) is 81.1 Å². The fourth-order valence-electron chi connectivity index (χ4n) is 7.50. The number of rotatable bonds is 7. The second-order valence-corrected chi connectivity index (χ2v) is 12.9. The third-order valence-electron chi connectivity index (χ3n) is 8.17. The van der Waals surface area contributed by atoms with E-state index in [0.29, 0.717) is 28.8 Å². The Labute approximate surface area is 197 Å². The highest BCUT2D eigenvalue weighted by Gasteiger charge is 2.51. The Morgan fingerprint density at radius 1 is 1.13 bits per heavy atom. The van der Waals surface area contributed by atoms with Gasteiger partial charge in [0.1, 0.15) is 0 Å². The number of carbonyl (C=O) groups excluding carboxylic acids is 1. The molecular formula is C25H31Cl2NO2S. The molecule has 4 saturated carbocycles. The SMILES string of the molecule is Cc1c(C(=O)CC23CC4CC(CC(C4)C2)C3)c2ccc(Cl)c(Cl)c2n1CCCS(C)=O. The van der Waals surface area contributed by atoms with Crippen LogP contribution in [0.25, 0.3) is 10.9 Å². The van der Waals surface area contributed by atoms with Gasteiger partial charge in [-0.2, -0.15) is 0 Å². The molecular weight excluding hydrogens is 449 g/mol. The lowest BCUT2D eigenvalue weighted by Gasteiger charge is -2.56. The van der Waals surface area contributed by atoms with Crippen molar-refractivity contribution in [3.63, 3.8) is 0 Å². The molecule has 1 aromatic carbocycles. The zero-order chi connectivity index (χ0) is 21.9. The van der Waals surface area contributed by atoms with Gasteiger partial charge in [0.2, 0.25) is 0 Å². The molecule has 1 heterocycles. The van der Waals surface area contributed by atoms with Crippen LogP contribution in [0.1, 0.15) is 67.4 Å². The molecule has 1 atom stereocenters. The van der Waals surface area contributed by atoms with Crippen LogP contribution >= 0.6 is 23.2 Å². The highest BCUT2D eigenvalue weighted by molar-refractivity contribution is 7.84. The van der Waals surface area contributed by atoms with Crippen molar-refractivity contribution in [1.29, 1.82) is 0 Å². The van der Waals surface area contributed by atoms with Crippen molar-refractivity contribution in [3.8, 4) is 0 Å². The van der Waals surface area contributed by atoms with Crippen LogP contribution in [-0.2, 0) is 17.3 Å². The molecule has 6 rings (SSSR count). The van der Waals surface area contributed by atoms with E-state index in [1.807, 2.05) is 13.0 Å². The number of aryl methyl sites for hydroxylation is 1. The van der Waals surface area contributed by atoms with Gasteiger partial charge in [-0.25, -0.2) is 0 Å². The van der Waals surface area contributed by atoms with E-state index in [2.05, 4.69) is 4.57 Å². The zero-order valence-electron chi connectivity index (χ0n) is 18.4. The predicted octanol–water partition coefficient (Wildman–Crippen LogP) is 6.81. The smallest absolute Gasteiger partial charge is 0.165 e. The fourth-order valence-corrected chi connectivity index (χ4v) is 8.45. The van der Waals surface area contributed by atoms with Gasteiger partial charge in [0.15, 0.2) is 5.78 Å². The second-order valence-electron chi connectivity index (χ2n) is 10.5. The molecule has 2 aromatic rings. The fraction of sp³-hybridized carbons (Fsp3) is 0.640. The topological polar surface area (TPSA) is 39.1 Å². The monoisotopic (exact) mass is 479 g/mol. The Morgan fingerprint density at radius 3 is 2.32 bits per heavy atom. The van der Waals surface area contributed by atoms with Crippen LogP contribution in [0.4, 0.5) is 0 Å². The first kappa shape index (κ1) is 22.0. The van der Waals surface area contributed by atoms with E-state index in [1.165, 1.54) is 38.5 Å². The Balaban J connectivity index is 1.50. The first-order chi connectivity index (χ1) is 14.8. The zero-order valence-corrected chi connectivity index (χ0v) is 20.7. The lowest BCUT2D eigenvalue weighted by Crippen LogP contribution is -2.46. The van der Waals surface area contributed by atoms with E-state index >= 15 is 0 Å². The van der Waals surface area contributed by atoms with Gasteiger partial charge in [0.05, 0.1) is 15.6 Å². The summed E-state index contributed by atoms with van der Waals surface area (Å²) in [6, 6.07) is 3.76. The van der Waals surface area contributed by atoms with Gasteiger partial charge < -0.3 is 4.57 Å². The molecule has 6 heteroatoms. The number of halogens is 2. The standard InChI is InChI=1S/C25H31Cl2NO2S/c1-15-22(21(29)14-25-11-16-8-17(12-25)10-18(9-16)13-25)19-4-5-20(26)23(27)24(19)28(15)6-3-7-31(2)30/h4-5,16-18H,3,6-14H2,1-2H3. The molecule has 0 spiro atoms. The molecule has 0 amide bonds. The van der Waals surface area contributed by atoms with Gasteiger partial charge in [-0.3, -0.25) is 9.00 Å². The normalized spacial score (nSPS) is 30.3. The minimum atomic E-state index is -0.839. The highest BCUT2D eigenvalue weighted by Crippen LogP contribution is 2.61. The molecule has 0 radical (unpaired) electrons. The molecule has 4 aliphatic rings. The summed E-state index contributed by atoms with van der Waals surface area (Å²) in [4.78, 5) is 13.8. The van der Waals surface area contributed by atoms with E-state index in [-0.39, 0.29) is 11.2 Å². The third kappa shape index (κ3) is 3.91. The van der Waals surface area contributed by atoms with Crippen molar-refractivity contribution in [2.45, 2.75) is 64.8 Å². The van der Waals surface area contributed by atoms with E-state index in [0.717, 1.165) is 46.3 Å². The lowest BCUT2D eigenvalue weighted by atomic mass is 9.48. The van der Waals surface area contributed by atoms with Crippen molar-refractivity contribution in [2.75, 3.05) is 12.0 Å². The van der Waals surface area contributed by atoms with Crippen molar-refractivity contribution >= 4 is 50.7 Å². The summed E-state index contributed by atoms with van der Waals surface area (Å²) in [6.07, 6.45) is 11.0. The van der Waals surface area contributed by atoms with E-state index in [4.69, 9.17) is 23.2 Å². The molecule has 168 valence electrons. The number of Topliss-reactive ketones (excluding diaryl/α,β-unsaturated/α-hetero) is 1. The van der Waals surface area contributed by atoms with Crippen LogP contribution in [0, 0.1) is 30.1 Å². The summed E-state index contributed by atoms with van der Waals surface area (Å²) in [5.41, 5.74) is 2.85. The van der Waals surface area contributed by atoms with Crippen molar-refractivity contribution in [3.05, 3.63) is 33.4 Å². The molecule has 31 heavy (non-hydrogen) atoms. The summed E-state index contributed by atoms with van der Waals surface area (Å²) in [6.45, 7) is 2.71. The van der Waals surface area contributed by atoms with Gasteiger partial charge in [0, 0.05) is 52.4 Å². The van der Waals surface area contributed by atoms with E-state index in [9.17, 15) is 9.00 Å². The Hall–Kier alpha value is -0.840. The quantitative estimate of drug-likeness (QED) is 0.408. The number of nitrogens with zero attached hydrogens (tertiary/aromatic N) is 1. The summed E-state index contributed by atoms with van der Waals surface area (Å²) in [5.74, 6) is 3.41. The molecule has 4 fully saturated rings. The average molecular weight is 481 g/mol. The first-order valence-electron chi connectivity index (χ1n) is 11.6. The molecule has 0 aliphatic heterocycles.